The Bertz CT molecular complexity index is 512. The van der Waals surface area contributed by atoms with E-state index in [4.69, 9.17) is 4.74 Å². The van der Waals surface area contributed by atoms with Gasteiger partial charge in [0.25, 0.3) is 0 Å². The van der Waals surface area contributed by atoms with Crippen molar-refractivity contribution in [2.45, 2.75) is 51.2 Å². The van der Waals surface area contributed by atoms with Crippen LogP contribution in [-0.4, -0.2) is 34.8 Å². The topological polar surface area (TPSA) is 68.3 Å². The molecule has 0 saturated carbocycles. The summed E-state index contributed by atoms with van der Waals surface area (Å²) >= 11 is 1.56. The molecule has 5 nitrogen and oxygen atoms in total. The van der Waals surface area contributed by atoms with Crippen molar-refractivity contribution >= 4 is 23.6 Å². The van der Waals surface area contributed by atoms with Gasteiger partial charge in [0.15, 0.2) is 5.78 Å². The Hall–Kier alpha value is -1.56. The van der Waals surface area contributed by atoms with E-state index in [0.717, 1.165) is 10.8 Å². The number of ketones is 1. The molecule has 0 aromatic carbocycles. The first kappa shape index (κ1) is 18.5. The fraction of sp³-hybridized carbons (Fsp3) is 0.562. The number of hydrogen-bond acceptors (Lipinski definition) is 5. The van der Waals surface area contributed by atoms with Gasteiger partial charge >= 0.3 is 6.09 Å². The summed E-state index contributed by atoms with van der Waals surface area (Å²) in [4.78, 5) is 27.9. The molecule has 0 atom stereocenters. The van der Waals surface area contributed by atoms with Gasteiger partial charge in [-0.3, -0.25) is 4.79 Å². The molecule has 0 fully saturated rings. The lowest BCUT2D eigenvalue weighted by molar-refractivity contribution is 0.0525. The molecule has 0 saturated heterocycles. The molecule has 0 unspecified atom stereocenters. The molecule has 0 spiro atoms. The minimum atomic E-state index is -0.512. The third-order valence-electron chi connectivity index (χ3n) is 2.60. The number of hydrogen-bond donors (Lipinski definition) is 1. The Balaban J connectivity index is 2.39. The number of aromatic nitrogens is 1. The number of carbonyl (C=O) groups excluding carboxylic acids is 2. The maximum atomic E-state index is 12.2. The van der Waals surface area contributed by atoms with Crippen LogP contribution in [0.1, 0.15) is 50.9 Å². The van der Waals surface area contributed by atoms with E-state index in [1.165, 1.54) is 0 Å². The molecule has 0 bridgehead atoms. The molecular weight excluding hydrogens is 300 g/mol. The van der Waals surface area contributed by atoms with Gasteiger partial charge in [0.1, 0.15) is 10.6 Å². The van der Waals surface area contributed by atoms with Gasteiger partial charge in [-0.1, -0.05) is 6.92 Å². The molecule has 0 aliphatic rings. The zero-order valence-electron chi connectivity index (χ0n) is 13.6. The van der Waals surface area contributed by atoms with Crippen LogP contribution in [0.2, 0.25) is 0 Å². The molecule has 1 heterocycles. The Morgan fingerprint density at radius 2 is 2.09 bits per heavy atom. The molecule has 1 N–H and O–H groups in total. The fourth-order valence-corrected chi connectivity index (χ4v) is 2.49. The highest BCUT2D eigenvalue weighted by molar-refractivity contribution is 7.99. The number of amides is 1. The van der Waals surface area contributed by atoms with Crippen LogP contribution in [0.3, 0.4) is 0 Å². The van der Waals surface area contributed by atoms with E-state index in [1.807, 2.05) is 27.7 Å². The van der Waals surface area contributed by atoms with Crippen LogP contribution in [0.5, 0.6) is 0 Å². The maximum absolute atomic E-state index is 12.2. The van der Waals surface area contributed by atoms with E-state index in [1.54, 1.807) is 30.1 Å². The molecule has 0 radical (unpaired) electrons. The molecule has 1 amide bonds. The Morgan fingerprint density at radius 1 is 1.36 bits per heavy atom. The lowest BCUT2D eigenvalue weighted by Crippen LogP contribution is -2.33. The zero-order valence-corrected chi connectivity index (χ0v) is 14.5. The van der Waals surface area contributed by atoms with Gasteiger partial charge < -0.3 is 10.1 Å². The zero-order chi connectivity index (χ0) is 16.6. The maximum Gasteiger partial charge on any atom is 0.407 e. The highest BCUT2D eigenvalue weighted by Gasteiger charge is 2.16. The van der Waals surface area contributed by atoms with Crippen molar-refractivity contribution in [1.29, 1.82) is 0 Å². The summed E-state index contributed by atoms with van der Waals surface area (Å²) in [7, 11) is 0. The normalized spacial score (nSPS) is 11.1. The molecule has 1 aromatic rings. The van der Waals surface area contributed by atoms with Crippen LogP contribution >= 0.6 is 11.8 Å². The van der Waals surface area contributed by atoms with E-state index in [9.17, 15) is 9.59 Å². The molecule has 1 rings (SSSR count). The SMILES string of the molecule is CCSc1ncccc1C(=O)CCCNC(=O)OC(C)(C)C. The number of carbonyl (C=O) groups is 2. The average Bonchev–Trinajstić information content (AvgIpc) is 2.42. The van der Waals surface area contributed by atoms with Crippen LogP contribution in [0.15, 0.2) is 23.4 Å². The quantitative estimate of drug-likeness (QED) is 0.471. The van der Waals surface area contributed by atoms with Crippen LogP contribution < -0.4 is 5.32 Å². The second-order valence-corrected chi connectivity index (χ2v) is 7.00. The molecule has 122 valence electrons. The summed E-state index contributed by atoms with van der Waals surface area (Å²) in [6.45, 7) is 7.87. The first-order valence-corrected chi connectivity index (χ1v) is 8.40. The lowest BCUT2D eigenvalue weighted by atomic mass is 10.1. The Kier molecular flexibility index (Phi) is 7.38. The summed E-state index contributed by atoms with van der Waals surface area (Å²) in [6.07, 6.45) is 2.18. The van der Waals surface area contributed by atoms with Gasteiger partial charge in [-0.05, 0) is 45.1 Å². The summed E-state index contributed by atoms with van der Waals surface area (Å²) in [5.74, 6) is 0.923. The molecule has 1 aromatic heterocycles. The van der Waals surface area contributed by atoms with Gasteiger partial charge in [-0.2, -0.15) is 0 Å². The number of thioether (sulfide) groups is 1. The van der Waals surface area contributed by atoms with E-state index in [2.05, 4.69) is 10.3 Å². The first-order valence-electron chi connectivity index (χ1n) is 7.41. The average molecular weight is 324 g/mol. The Labute approximate surface area is 136 Å². The summed E-state index contributed by atoms with van der Waals surface area (Å²) in [6, 6.07) is 3.57. The van der Waals surface area contributed by atoms with Crippen LogP contribution in [-0.2, 0) is 4.74 Å². The second-order valence-electron chi connectivity index (χ2n) is 5.74. The van der Waals surface area contributed by atoms with Gasteiger partial charge in [-0.25, -0.2) is 9.78 Å². The standard InChI is InChI=1S/C16H24N2O3S/c1-5-22-14-12(8-6-10-17-14)13(19)9-7-11-18-15(20)21-16(2,3)4/h6,8,10H,5,7,9,11H2,1-4H3,(H,18,20). The molecule has 0 aliphatic heterocycles. The third-order valence-corrected chi connectivity index (χ3v) is 3.49. The first-order chi connectivity index (χ1) is 10.3. The summed E-state index contributed by atoms with van der Waals surface area (Å²) in [5, 5.41) is 3.42. The van der Waals surface area contributed by atoms with Gasteiger partial charge in [-0.15, -0.1) is 11.8 Å². The van der Waals surface area contributed by atoms with E-state index in [-0.39, 0.29) is 5.78 Å². The van der Waals surface area contributed by atoms with Crippen LogP contribution in [0.25, 0.3) is 0 Å². The van der Waals surface area contributed by atoms with E-state index < -0.39 is 11.7 Å². The fourth-order valence-electron chi connectivity index (χ4n) is 1.74. The van der Waals surface area contributed by atoms with Crippen molar-refractivity contribution < 1.29 is 14.3 Å². The molecule has 22 heavy (non-hydrogen) atoms. The lowest BCUT2D eigenvalue weighted by Gasteiger charge is -2.19. The predicted octanol–water partition coefficient (Wildman–Crippen LogP) is 3.68. The Morgan fingerprint density at radius 3 is 2.73 bits per heavy atom. The number of nitrogens with zero attached hydrogens (tertiary/aromatic N) is 1. The number of pyridine rings is 1. The predicted molar refractivity (Wildman–Crippen MR) is 88.4 cm³/mol. The van der Waals surface area contributed by atoms with Crippen molar-refractivity contribution in [2.75, 3.05) is 12.3 Å². The highest BCUT2D eigenvalue weighted by Crippen LogP contribution is 2.21. The summed E-state index contributed by atoms with van der Waals surface area (Å²) < 4.78 is 5.13. The summed E-state index contributed by atoms with van der Waals surface area (Å²) in [5.41, 5.74) is 0.147. The number of Topliss-reactive ketones (excluding diaryl/α,β-unsaturated/α-hetero) is 1. The smallest absolute Gasteiger partial charge is 0.407 e. The third kappa shape index (κ3) is 6.93. The van der Waals surface area contributed by atoms with Crippen molar-refractivity contribution in [2.24, 2.45) is 0 Å². The monoisotopic (exact) mass is 324 g/mol. The van der Waals surface area contributed by atoms with Crippen LogP contribution in [0.4, 0.5) is 4.79 Å². The van der Waals surface area contributed by atoms with Crippen molar-refractivity contribution in [3.05, 3.63) is 23.9 Å². The van der Waals surface area contributed by atoms with E-state index >= 15 is 0 Å². The van der Waals surface area contributed by atoms with Crippen molar-refractivity contribution in [3.8, 4) is 0 Å². The molecule has 0 aliphatic carbocycles. The van der Waals surface area contributed by atoms with E-state index in [0.29, 0.717) is 24.9 Å². The minimum absolute atomic E-state index is 0.0510. The van der Waals surface area contributed by atoms with Crippen molar-refractivity contribution in [1.82, 2.24) is 10.3 Å². The van der Waals surface area contributed by atoms with Crippen LogP contribution in [0, 0.1) is 0 Å². The highest BCUT2D eigenvalue weighted by atomic mass is 32.2. The second kappa shape index (κ2) is 8.78. The van der Waals surface area contributed by atoms with Gasteiger partial charge in [0, 0.05) is 24.7 Å². The molecule has 6 heteroatoms. The minimum Gasteiger partial charge on any atom is -0.444 e. The largest absolute Gasteiger partial charge is 0.444 e. The van der Waals surface area contributed by atoms with Gasteiger partial charge in [0.2, 0.25) is 0 Å². The van der Waals surface area contributed by atoms with Gasteiger partial charge in [0.05, 0.1) is 0 Å². The van der Waals surface area contributed by atoms with Crippen molar-refractivity contribution in [3.63, 3.8) is 0 Å². The number of alkyl carbamates (subject to hydrolysis) is 1. The number of ether oxygens (including phenoxy) is 1. The number of rotatable bonds is 7. The number of nitrogens with one attached hydrogen (secondary N) is 1. The molecular formula is C16H24N2O3S.